The molecule has 0 saturated carbocycles. The molecule has 0 aromatic heterocycles. The Labute approximate surface area is 59.6 Å². The Morgan fingerprint density at radius 1 is 1.70 bits per heavy atom. The highest BCUT2D eigenvalue weighted by Crippen LogP contribution is 1.97. The van der Waals surface area contributed by atoms with Crippen LogP contribution in [0, 0.1) is 0 Å². The van der Waals surface area contributed by atoms with Gasteiger partial charge in [0.1, 0.15) is 6.04 Å². The predicted octanol–water partition coefficient (Wildman–Crippen LogP) is -0.631. The topological polar surface area (TPSA) is 61.4 Å². The fourth-order valence-electron chi connectivity index (χ4n) is 1.08. The molecule has 0 radical (unpaired) electrons. The van der Waals surface area contributed by atoms with Crippen molar-refractivity contribution in [3.8, 4) is 0 Å². The Bertz CT molecular complexity index is 138. The molecule has 0 aromatic rings. The third-order valence-electron chi connectivity index (χ3n) is 1.63. The zero-order valence-corrected chi connectivity index (χ0v) is 5.92. The van der Waals surface area contributed by atoms with Crippen molar-refractivity contribution in [2.24, 2.45) is 0 Å². The van der Waals surface area contributed by atoms with Crippen LogP contribution in [0.5, 0.6) is 0 Å². The third kappa shape index (κ3) is 1.68. The van der Waals surface area contributed by atoms with Crippen LogP contribution in [0.2, 0.25) is 0 Å². The number of carboxylic acids is 1. The second-order valence-electron chi connectivity index (χ2n) is 2.52. The molecule has 2 atom stereocenters. The van der Waals surface area contributed by atoms with Gasteiger partial charge in [-0.2, -0.15) is 0 Å². The van der Waals surface area contributed by atoms with Crippen LogP contribution >= 0.6 is 0 Å². The number of nitrogens with one attached hydrogen (secondary N) is 2. The molecule has 0 amide bonds. The van der Waals surface area contributed by atoms with Gasteiger partial charge in [-0.25, -0.2) is 0 Å². The van der Waals surface area contributed by atoms with Gasteiger partial charge in [0.25, 0.3) is 0 Å². The zero-order chi connectivity index (χ0) is 7.56. The highest BCUT2D eigenvalue weighted by molar-refractivity contribution is 5.73. The number of carbonyl (C=O) groups is 1. The summed E-state index contributed by atoms with van der Waals surface area (Å²) in [7, 11) is 0. The van der Waals surface area contributed by atoms with E-state index in [4.69, 9.17) is 5.11 Å². The molecular weight excluding hydrogens is 132 g/mol. The highest BCUT2D eigenvalue weighted by Gasteiger charge is 2.22. The summed E-state index contributed by atoms with van der Waals surface area (Å²) < 4.78 is 0. The lowest BCUT2D eigenvalue weighted by atomic mass is 10.1. The number of hydrogen-bond acceptors (Lipinski definition) is 3. The molecule has 0 bridgehead atoms. The fraction of sp³-hybridized carbons (Fsp3) is 0.833. The van der Waals surface area contributed by atoms with Crippen LogP contribution < -0.4 is 10.6 Å². The number of rotatable bonds is 1. The van der Waals surface area contributed by atoms with E-state index in [1.807, 2.05) is 6.92 Å². The molecule has 1 aliphatic rings. The molecule has 1 heterocycles. The SMILES string of the molecule is CC1NCCC(C(=O)O)N1. The minimum absolute atomic E-state index is 0.120. The van der Waals surface area contributed by atoms with Gasteiger partial charge in [0, 0.05) is 0 Å². The van der Waals surface area contributed by atoms with E-state index in [9.17, 15) is 4.79 Å². The highest BCUT2D eigenvalue weighted by atomic mass is 16.4. The summed E-state index contributed by atoms with van der Waals surface area (Å²) in [4.78, 5) is 10.4. The minimum Gasteiger partial charge on any atom is -0.480 e. The van der Waals surface area contributed by atoms with E-state index in [2.05, 4.69) is 10.6 Å². The van der Waals surface area contributed by atoms with E-state index in [0.29, 0.717) is 6.42 Å². The summed E-state index contributed by atoms with van der Waals surface area (Å²) in [5.41, 5.74) is 0. The van der Waals surface area contributed by atoms with Gasteiger partial charge in [-0.3, -0.25) is 10.1 Å². The molecule has 1 aliphatic heterocycles. The van der Waals surface area contributed by atoms with Crippen molar-refractivity contribution in [1.29, 1.82) is 0 Å². The fourth-order valence-corrected chi connectivity index (χ4v) is 1.08. The average molecular weight is 144 g/mol. The molecule has 4 heteroatoms. The van der Waals surface area contributed by atoms with Crippen LogP contribution in [-0.2, 0) is 4.79 Å². The summed E-state index contributed by atoms with van der Waals surface area (Å²) in [5.74, 6) is -0.756. The van der Waals surface area contributed by atoms with Gasteiger partial charge in [0.05, 0.1) is 6.17 Å². The van der Waals surface area contributed by atoms with Gasteiger partial charge >= 0.3 is 5.97 Å². The third-order valence-corrected chi connectivity index (χ3v) is 1.63. The van der Waals surface area contributed by atoms with Crippen molar-refractivity contribution >= 4 is 5.97 Å². The van der Waals surface area contributed by atoms with E-state index in [1.54, 1.807) is 0 Å². The molecule has 10 heavy (non-hydrogen) atoms. The molecule has 1 fully saturated rings. The summed E-state index contributed by atoms with van der Waals surface area (Å²) in [6, 6.07) is -0.365. The van der Waals surface area contributed by atoms with Crippen molar-refractivity contribution in [3.05, 3.63) is 0 Å². The molecule has 58 valence electrons. The van der Waals surface area contributed by atoms with Gasteiger partial charge in [-0.15, -0.1) is 0 Å². The summed E-state index contributed by atoms with van der Waals surface area (Å²) in [6.07, 6.45) is 0.787. The second-order valence-corrected chi connectivity index (χ2v) is 2.52. The van der Waals surface area contributed by atoms with E-state index in [1.165, 1.54) is 0 Å². The van der Waals surface area contributed by atoms with Gasteiger partial charge in [-0.05, 0) is 19.9 Å². The van der Waals surface area contributed by atoms with E-state index >= 15 is 0 Å². The molecular formula is C6H12N2O2. The van der Waals surface area contributed by atoms with Crippen molar-refractivity contribution in [2.45, 2.75) is 25.6 Å². The lowest BCUT2D eigenvalue weighted by Gasteiger charge is -2.26. The zero-order valence-electron chi connectivity index (χ0n) is 5.92. The second kappa shape index (κ2) is 2.98. The largest absolute Gasteiger partial charge is 0.480 e. The first-order valence-corrected chi connectivity index (χ1v) is 3.42. The molecule has 1 rings (SSSR count). The van der Waals surface area contributed by atoms with Gasteiger partial charge in [-0.1, -0.05) is 0 Å². The summed E-state index contributed by atoms with van der Waals surface area (Å²) >= 11 is 0. The standard InChI is InChI=1S/C6H12N2O2/c1-4-7-3-2-5(8-4)6(9)10/h4-5,7-8H,2-3H2,1H3,(H,9,10). The first-order chi connectivity index (χ1) is 4.70. The Hall–Kier alpha value is -0.610. The smallest absolute Gasteiger partial charge is 0.320 e. The predicted molar refractivity (Wildman–Crippen MR) is 36.6 cm³/mol. The van der Waals surface area contributed by atoms with Crippen LogP contribution in [0.1, 0.15) is 13.3 Å². The van der Waals surface area contributed by atoms with Crippen LogP contribution in [-0.4, -0.2) is 29.8 Å². The number of hydrogen-bond donors (Lipinski definition) is 3. The van der Waals surface area contributed by atoms with E-state index in [0.717, 1.165) is 6.54 Å². The van der Waals surface area contributed by atoms with Crippen molar-refractivity contribution in [2.75, 3.05) is 6.54 Å². The molecule has 3 N–H and O–H groups in total. The number of aliphatic carboxylic acids is 1. The Balaban J connectivity index is 2.39. The maximum absolute atomic E-state index is 10.4. The minimum atomic E-state index is -0.756. The van der Waals surface area contributed by atoms with E-state index < -0.39 is 5.97 Å². The van der Waals surface area contributed by atoms with Gasteiger partial charge in [0.15, 0.2) is 0 Å². The monoisotopic (exact) mass is 144 g/mol. The van der Waals surface area contributed by atoms with Crippen molar-refractivity contribution in [1.82, 2.24) is 10.6 Å². The van der Waals surface area contributed by atoms with Crippen LogP contribution in [0.25, 0.3) is 0 Å². The lowest BCUT2D eigenvalue weighted by molar-refractivity contribution is -0.140. The average Bonchev–Trinajstić information content (AvgIpc) is 1.88. The molecule has 0 spiro atoms. The normalized spacial score (nSPS) is 33.7. The Morgan fingerprint density at radius 3 is 2.80 bits per heavy atom. The first kappa shape index (κ1) is 7.50. The quantitative estimate of drug-likeness (QED) is 0.458. The van der Waals surface area contributed by atoms with Gasteiger partial charge in [0.2, 0.25) is 0 Å². The lowest BCUT2D eigenvalue weighted by Crippen LogP contribution is -2.54. The molecule has 1 saturated heterocycles. The molecule has 2 unspecified atom stereocenters. The number of carboxylic acid groups (broad SMARTS) is 1. The molecule has 0 aromatic carbocycles. The van der Waals surface area contributed by atoms with Crippen molar-refractivity contribution < 1.29 is 9.90 Å². The van der Waals surface area contributed by atoms with Gasteiger partial charge < -0.3 is 10.4 Å². The summed E-state index contributed by atoms with van der Waals surface area (Å²) in [5, 5.41) is 14.6. The maximum atomic E-state index is 10.4. The Kier molecular flexibility index (Phi) is 2.24. The summed E-state index contributed by atoms with van der Waals surface area (Å²) in [6.45, 7) is 2.69. The van der Waals surface area contributed by atoms with Crippen LogP contribution in [0.15, 0.2) is 0 Å². The molecule has 4 nitrogen and oxygen atoms in total. The molecule has 0 aliphatic carbocycles. The first-order valence-electron chi connectivity index (χ1n) is 3.42. The van der Waals surface area contributed by atoms with Crippen LogP contribution in [0.4, 0.5) is 0 Å². The van der Waals surface area contributed by atoms with E-state index in [-0.39, 0.29) is 12.2 Å². The Morgan fingerprint density at radius 2 is 2.40 bits per heavy atom. The van der Waals surface area contributed by atoms with Crippen LogP contribution in [0.3, 0.4) is 0 Å². The van der Waals surface area contributed by atoms with Crippen molar-refractivity contribution in [3.63, 3.8) is 0 Å². The maximum Gasteiger partial charge on any atom is 0.320 e.